The highest BCUT2D eigenvalue weighted by Gasteiger charge is 2.41. The van der Waals surface area contributed by atoms with Crippen molar-refractivity contribution >= 4 is 5.91 Å². The molecular weight excluding hydrogens is 330 g/mol. The van der Waals surface area contributed by atoms with Crippen molar-refractivity contribution in [2.45, 2.75) is 24.9 Å². The number of carbonyl (C=O) groups excluding carboxylic acids is 1. The fraction of sp³-hybridized carbons (Fsp3) is 0.316. The highest BCUT2D eigenvalue weighted by molar-refractivity contribution is 5.84. The maximum Gasteiger partial charge on any atom is 0.248 e. The van der Waals surface area contributed by atoms with Crippen LogP contribution < -0.4 is 10.6 Å². The maximum atomic E-state index is 13.1. The van der Waals surface area contributed by atoms with Crippen LogP contribution in [0.25, 0.3) is 11.3 Å². The third-order valence-corrected chi connectivity index (χ3v) is 4.89. The summed E-state index contributed by atoms with van der Waals surface area (Å²) in [7, 11) is 0. The number of amides is 1. The van der Waals surface area contributed by atoms with Crippen molar-refractivity contribution in [3.05, 3.63) is 60.9 Å². The topological polar surface area (TPSA) is 85.0 Å². The van der Waals surface area contributed by atoms with Gasteiger partial charge in [0, 0.05) is 18.0 Å². The zero-order chi connectivity index (χ0) is 17.8. The predicted molar refractivity (Wildman–Crippen MR) is 96.1 cm³/mol. The van der Waals surface area contributed by atoms with Crippen LogP contribution in [0.15, 0.2) is 59.6 Å². The summed E-state index contributed by atoms with van der Waals surface area (Å²) in [6.45, 7) is 1.88. The zero-order valence-electron chi connectivity index (χ0n) is 14.4. The van der Waals surface area contributed by atoms with E-state index in [2.05, 4.69) is 20.7 Å². The van der Waals surface area contributed by atoms with Gasteiger partial charge in [0.05, 0.1) is 6.54 Å². The number of rotatable bonds is 5. The Morgan fingerprint density at radius 1 is 1.23 bits per heavy atom. The number of hydrogen-bond acceptors (Lipinski definition) is 5. The van der Waals surface area contributed by atoms with Crippen LogP contribution in [0.1, 0.15) is 18.5 Å². The second-order valence-electron chi connectivity index (χ2n) is 6.41. The molecule has 7 nitrogen and oxygen atoms in total. The Bertz CT molecular complexity index is 851. The molecule has 0 spiro atoms. The van der Waals surface area contributed by atoms with Crippen LogP contribution in [0, 0.1) is 0 Å². The molecule has 7 heteroatoms. The van der Waals surface area contributed by atoms with Crippen molar-refractivity contribution in [2.24, 2.45) is 0 Å². The van der Waals surface area contributed by atoms with Crippen molar-refractivity contribution < 1.29 is 9.21 Å². The molecule has 2 N–H and O–H groups in total. The number of hydrogen-bond donors (Lipinski definition) is 2. The van der Waals surface area contributed by atoms with E-state index in [0.29, 0.717) is 30.8 Å². The number of nitrogens with zero attached hydrogens (tertiary/aromatic N) is 3. The Balaban J connectivity index is 1.53. The first-order valence-electron chi connectivity index (χ1n) is 8.76. The number of piperidine rings is 1. The molecule has 0 saturated carbocycles. The van der Waals surface area contributed by atoms with Crippen molar-refractivity contribution in [1.82, 2.24) is 25.4 Å². The van der Waals surface area contributed by atoms with Gasteiger partial charge in [0.2, 0.25) is 5.91 Å². The fourth-order valence-corrected chi connectivity index (χ4v) is 3.47. The smallest absolute Gasteiger partial charge is 0.248 e. The second kappa shape index (κ2) is 7.13. The molecule has 1 aliphatic heterocycles. The van der Waals surface area contributed by atoms with Crippen LogP contribution in [-0.2, 0) is 16.9 Å². The molecule has 4 rings (SSSR count). The predicted octanol–water partition coefficient (Wildman–Crippen LogP) is 1.93. The summed E-state index contributed by atoms with van der Waals surface area (Å²) in [6.07, 6.45) is 6.38. The minimum absolute atomic E-state index is 0.0373. The number of nitrogens with one attached hydrogen (secondary N) is 2. The molecule has 3 aromatic rings. The minimum atomic E-state index is -0.661. The second-order valence-corrected chi connectivity index (χ2v) is 6.41. The third-order valence-electron chi connectivity index (χ3n) is 4.89. The van der Waals surface area contributed by atoms with Crippen molar-refractivity contribution in [1.29, 1.82) is 0 Å². The van der Waals surface area contributed by atoms with Crippen LogP contribution >= 0.6 is 0 Å². The lowest BCUT2D eigenvalue weighted by Gasteiger charge is -2.36. The summed E-state index contributed by atoms with van der Waals surface area (Å²) in [4.78, 5) is 17.4. The van der Waals surface area contributed by atoms with Gasteiger partial charge >= 0.3 is 0 Å². The van der Waals surface area contributed by atoms with E-state index >= 15 is 0 Å². The molecule has 0 bridgehead atoms. The minimum Gasteiger partial charge on any atom is -0.443 e. The molecule has 1 aliphatic rings. The van der Waals surface area contributed by atoms with Gasteiger partial charge in [0.25, 0.3) is 0 Å². The van der Waals surface area contributed by atoms with E-state index in [1.807, 2.05) is 42.6 Å². The molecule has 1 saturated heterocycles. The van der Waals surface area contributed by atoms with Crippen molar-refractivity contribution in [2.75, 3.05) is 13.1 Å². The molecule has 134 valence electrons. The first kappa shape index (κ1) is 16.5. The van der Waals surface area contributed by atoms with Gasteiger partial charge in [-0.2, -0.15) is 5.10 Å². The van der Waals surface area contributed by atoms with E-state index < -0.39 is 5.54 Å². The number of oxazole rings is 1. The highest BCUT2D eigenvalue weighted by Crippen LogP contribution is 2.28. The van der Waals surface area contributed by atoms with Gasteiger partial charge in [-0.05, 0) is 32.0 Å². The Labute approximate surface area is 151 Å². The molecule has 3 heterocycles. The summed E-state index contributed by atoms with van der Waals surface area (Å²) in [5.74, 6) is 0.647. The zero-order valence-corrected chi connectivity index (χ0v) is 14.4. The monoisotopic (exact) mass is 351 g/mol. The molecule has 0 atom stereocenters. The standard InChI is InChI=1S/C19H21N5O2/c25-18(19(7-10-20-11-8-19)24-12-4-9-23-24)21-13-16-17(26-14-22-16)15-5-2-1-3-6-15/h1-6,9,12,14,20H,7-8,10-11,13H2,(H,21,25). The van der Waals surface area contributed by atoms with E-state index in [9.17, 15) is 4.79 Å². The van der Waals surface area contributed by atoms with Gasteiger partial charge in [-0.25, -0.2) is 4.98 Å². The molecule has 26 heavy (non-hydrogen) atoms. The van der Waals surface area contributed by atoms with Gasteiger partial charge in [-0.3, -0.25) is 9.48 Å². The average Bonchev–Trinajstić information content (AvgIpc) is 3.39. The van der Waals surface area contributed by atoms with Crippen molar-refractivity contribution in [3.8, 4) is 11.3 Å². The SMILES string of the molecule is O=C(NCc1ncoc1-c1ccccc1)C1(n2cccn2)CCNCC1. The Morgan fingerprint density at radius 2 is 2.04 bits per heavy atom. The molecule has 1 amide bonds. The van der Waals surface area contributed by atoms with E-state index in [-0.39, 0.29) is 5.91 Å². The Kier molecular flexibility index (Phi) is 4.53. The summed E-state index contributed by atoms with van der Waals surface area (Å²) < 4.78 is 7.32. The average molecular weight is 351 g/mol. The molecule has 1 aromatic carbocycles. The van der Waals surface area contributed by atoms with Gasteiger partial charge in [0.1, 0.15) is 11.2 Å². The first-order chi connectivity index (χ1) is 12.8. The molecule has 0 unspecified atom stereocenters. The lowest BCUT2D eigenvalue weighted by atomic mass is 9.87. The van der Waals surface area contributed by atoms with Gasteiger partial charge in [-0.1, -0.05) is 30.3 Å². The summed E-state index contributed by atoms with van der Waals surface area (Å²) >= 11 is 0. The van der Waals surface area contributed by atoms with E-state index in [1.165, 1.54) is 6.39 Å². The lowest BCUT2D eigenvalue weighted by molar-refractivity contribution is -0.132. The summed E-state index contributed by atoms with van der Waals surface area (Å²) in [5, 5.41) is 10.7. The van der Waals surface area contributed by atoms with Crippen molar-refractivity contribution in [3.63, 3.8) is 0 Å². The van der Waals surface area contributed by atoms with Crippen LogP contribution in [-0.4, -0.2) is 33.8 Å². The van der Waals surface area contributed by atoms with Crippen LogP contribution in [0.3, 0.4) is 0 Å². The summed E-state index contributed by atoms with van der Waals surface area (Å²) in [6, 6.07) is 11.6. The van der Waals surface area contributed by atoms with E-state index in [4.69, 9.17) is 4.42 Å². The number of benzene rings is 1. The molecule has 1 fully saturated rings. The molecule has 0 radical (unpaired) electrons. The lowest BCUT2D eigenvalue weighted by Crippen LogP contribution is -2.54. The third kappa shape index (κ3) is 3.01. The van der Waals surface area contributed by atoms with E-state index in [1.54, 1.807) is 10.9 Å². The Morgan fingerprint density at radius 3 is 2.77 bits per heavy atom. The largest absolute Gasteiger partial charge is 0.443 e. The van der Waals surface area contributed by atoms with Crippen LogP contribution in [0.2, 0.25) is 0 Å². The van der Waals surface area contributed by atoms with Gasteiger partial charge in [-0.15, -0.1) is 0 Å². The highest BCUT2D eigenvalue weighted by atomic mass is 16.3. The normalized spacial score (nSPS) is 16.3. The maximum absolute atomic E-state index is 13.1. The molecule has 0 aliphatic carbocycles. The van der Waals surface area contributed by atoms with Gasteiger partial charge in [0.15, 0.2) is 12.2 Å². The van der Waals surface area contributed by atoms with Gasteiger partial charge < -0.3 is 15.1 Å². The van der Waals surface area contributed by atoms with Crippen LogP contribution in [0.5, 0.6) is 0 Å². The number of aromatic nitrogens is 3. The molecular formula is C19H21N5O2. The van der Waals surface area contributed by atoms with E-state index in [0.717, 1.165) is 18.7 Å². The Hall–Kier alpha value is -2.93. The first-order valence-corrected chi connectivity index (χ1v) is 8.76. The quantitative estimate of drug-likeness (QED) is 0.734. The fourth-order valence-electron chi connectivity index (χ4n) is 3.47. The summed E-state index contributed by atoms with van der Waals surface area (Å²) in [5.41, 5.74) is 0.998. The molecule has 2 aromatic heterocycles. The van der Waals surface area contributed by atoms with Crippen LogP contribution in [0.4, 0.5) is 0 Å². The number of carbonyl (C=O) groups is 1.